The molecule has 13 nitrogen and oxygen atoms in total. The number of hydrogen-bond donors (Lipinski definition) is 6. The van der Waals surface area contributed by atoms with Crippen LogP contribution in [0.2, 0.25) is 0 Å². The van der Waals surface area contributed by atoms with Crippen LogP contribution in [0.15, 0.2) is 77.3 Å². The number of nitrogens with zero attached hydrogens (tertiary/aromatic N) is 1. The number of carbonyl (C=O) groups is 3. The molecule has 0 saturated carbocycles. The standard InChI is InChI=1S/C13H20N4O2.C12H18N2O2.C8H15NO2S.ClH/c14-12(15)16-8-4-5-9-17-13(18)19-10-11-6-2-1-3-7-11;13-8-4-5-9-14-12(15)16-10-11-6-2-1-3-7-11;1-6(12-5)9-7(10)11-8(2,3)4;/h1-3,6-7H,4-5,8-10H2,(H,17,18)(H4,14,15,16);1-3,6-7H,4-5,8-10,13H2,(H,14,15);1H2,2-5H3,(H,9,10);1H. The number of halogens is 1. The van der Waals surface area contributed by atoms with Gasteiger partial charge in [-0.2, -0.15) is 0 Å². The molecule has 270 valence electrons. The molecule has 2 aromatic rings. The zero-order valence-electron chi connectivity index (χ0n) is 28.5. The van der Waals surface area contributed by atoms with Crippen LogP contribution in [0.3, 0.4) is 0 Å². The van der Waals surface area contributed by atoms with Crippen molar-refractivity contribution in [3.63, 3.8) is 0 Å². The maximum Gasteiger partial charge on any atom is 0.412 e. The molecule has 9 N–H and O–H groups in total. The van der Waals surface area contributed by atoms with Gasteiger partial charge in [-0.1, -0.05) is 67.2 Å². The van der Waals surface area contributed by atoms with Crippen molar-refractivity contribution < 1.29 is 28.6 Å². The molecule has 0 heterocycles. The second-order valence-corrected chi connectivity index (χ2v) is 11.6. The van der Waals surface area contributed by atoms with E-state index in [1.807, 2.05) is 87.7 Å². The number of amides is 3. The van der Waals surface area contributed by atoms with Crippen LogP contribution in [0, 0.1) is 0 Å². The fraction of sp³-hybridized carbons (Fsp3) is 0.455. The van der Waals surface area contributed by atoms with Gasteiger partial charge in [-0.3, -0.25) is 10.3 Å². The van der Waals surface area contributed by atoms with Crippen LogP contribution in [-0.2, 0) is 27.4 Å². The molecule has 48 heavy (non-hydrogen) atoms. The lowest BCUT2D eigenvalue weighted by Gasteiger charge is -2.19. The number of rotatable bonds is 15. The molecule has 3 amide bonds. The Hall–Kier alpha value is -4.14. The molecule has 0 aliphatic carbocycles. The van der Waals surface area contributed by atoms with Crippen molar-refractivity contribution in [1.29, 1.82) is 0 Å². The second-order valence-electron chi connectivity index (χ2n) is 10.7. The summed E-state index contributed by atoms with van der Waals surface area (Å²) in [7, 11) is 0. The SMILES string of the molecule is C=C(NC(=O)OC(C)(C)C)SC.Cl.NC(N)=NCCCCNC(=O)OCc1ccccc1.NCCCCNC(=O)OCc1ccccc1. The first-order valence-electron chi connectivity index (χ1n) is 15.2. The third kappa shape index (κ3) is 30.5. The number of nitrogens with two attached hydrogens (primary N) is 3. The minimum absolute atomic E-state index is 0. The zero-order valence-corrected chi connectivity index (χ0v) is 30.1. The molecule has 2 aromatic carbocycles. The van der Waals surface area contributed by atoms with Crippen LogP contribution in [0.5, 0.6) is 0 Å². The van der Waals surface area contributed by atoms with Crippen LogP contribution in [-0.4, -0.2) is 62.3 Å². The van der Waals surface area contributed by atoms with Gasteiger partial charge in [-0.15, -0.1) is 24.2 Å². The summed E-state index contributed by atoms with van der Waals surface area (Å²) >= 11 is 1.37. The van der Waals surface area contributed by atoms with Gasteiger partial charge in [0.2, 0.25) is 0 Å². The molecule has 0 aliphatic heterocycles. The Labute approximate surface area is 295 Å². The number of nitrogens with one attached hydrogen (secondary N) is 3. The van der Waals surface area contributed by atoms with Gasteiger partial charge in [-0.25, -0.2) is 14.4 Å². The molecule has 0 spiro atoms. The van der Waals surface area contributed by atoms with E-state index < -0.39 is 17.8 Å². The van der Waals surface area contributed by atoms with Crippen LogP contribution < -0.4 is 33.2 Å². The van der Waals surface area contributed by atoms with Crippen LogP contribution in [0.4, 0.5) is 14.4 Å². The van der Waals surface area contributed by atoms with Crippen molar-refractivity contribution in [3.8, 4) is 0 Å². The molecular weight excluding hydrogens is 658 g/mol. The highest BCUT2D eigenvalue weighted by Gasteiger charge is 2.16. The van der Waals surface area contributed by atoms with Crippen molar-refractivity contribution >= 4 is 48.4 Å². The van der Waals surface area contributed by atoms with E-state index in [2.05, 4.69) is 27.5 Å². The summed E-state index contributed by atoms with van der Waals surface area (Å²) in [5.41, 5.74) is 17.2. The fourth-order valence-corrected chi connectivity index (χ4v) is 3.30. The molecule has 15 heteroatoms. The number of aliphatic imine (C=N–C) groups is 1. The van der Waals surface area contributed by atoms with E-state index in [0.29, 0.717) is 37.8 Å². The first kappa shape index (κ1) is 46.0. The Balaban J connectivity index is 0. The number of ether oxygens (including phenoxy) is 3. The summed E-state index contributed by atoms with van der Waals surface area (Å²) in [5.74, 6) is 0.0928. The highest BCUT2D eigenvalue weighted by Crippen LogP contribution is 2.09. The molecule has 0 bridgehead atoms. The zero-order chi connectivity index (χ0) is 35.3. The van der Waals surface area contributed by atoms with E-state index in [9.17, 15) is 14.4 Å². The molecule has 0 atom stereocenters. The Morgan fingerprint density at radius 3 is 1.65 bits per heavy atom. The van der Waals surface area contributed by atoms with Gasteiger partial charge in [0, 0.05) is 19.6 Å². The average Bonchev–Trinajstić information content (AvgIpc) is 3.03. The normalized spacial score (nSPS) is 9.77. The first-order valence-corrected chi connectivity index (χ1v) is 16.5. The summed E-state index contributed by atoms with van der Waals surface area (Å²) < 4.78 is 15.1. The quantitative estimate of drug-likeness (QED) is 0.0602. The van der Waals surface area contributed by atoms with E-state index in [1.165, 1.54) is 11.8 Å². The fourth-order valence-electron chi connectivity index (χ4n) is 3.11. The Kier molecular flexibility index (Phi) is 27.8. The number of carbonyl (C=O) groups excluding carboxylic acids is 3. The third-order valence-electron chi connectivity index (χ3n) is 5.36. The van der Waals surface area contributed by atoms with E-state index in [1.54, 1.807) is 0 Å². The molecule has 0 aliphatic rings. The Morgan fingerprint density at radius 2 is 1.25 bits per heavy atom. The highest BCUT2D eigenvalue weighted by molar-refractivity contribution is 8.02. The van der Waals surface area contributed by atoms with Crippen LogP contribution >= 0.6 is 24.2 Å². The van der Waals surface area contributed by atoms with Crippen molar-refractivity contribution in [3.05, 3.63) is 83.4 Å². The van der Waals surface area contributed by atoms with E-state index in [-0.39, 0.29) is 31.1 Å². The average molecular weight is 712 g/mol. The van der Waals surface area contributed by atoms with Gasteiger partial charge in [0.05, 0.1) is 5.03 Å². The lowest BCUT2D eigenvalue weighted by molar-refractivity contribution is 0.0550. The van der Waals surface area contributed by atoms with Gasteiger partial charge in [-0.05, 0) is 70.4 Å². The maximum atomic E-state index is 11.4. The summed E-state index contributed by atoms with van der Waals surface area (Å²) in [6.07, 6.45) is 4.01. The minimum Gasteiger partial charge on any atom is -0.445 e. The minimum atomic E-state index is -0.457. The second kappa shape index (κ2) is 29.0. The predicted octanol–water partition coefficient (Wildman–Crippen LogP) is 5.39. The number of alkyl carbamates (subject to hydrolysis) is 3. The number of thioether (sulfide) groups is 1. The van der Waals surface area contributed by atoms with Gasteiger partial charge in [0.15, 0.2) is 5.96 Å². The van der Waals surface area contributed by atoms with E-state index in [4.69, 9.17) is 31.4 Å². The Morgan fingerprint density at radius 1 is 0.792 bits per heavy atom. The van der Waals surface area contributed by atoms with Crippen LogP contribution in [0.25, 0.3) is 0 Å². The molecule has 0 unspecified atom stereocenters. The first-order chi connectivity index (χ1) is 22.4. The number of benzene rings is 2. The monoisotopic (exact) mass is 711 g/mol. The molecular formula is C33H54ClN7O6S. The molecule has 0 aromatic heterocycles. The van der Waals surface area contributed by atoms with Gasteiger partial charge in [0.1, 0.15) is 18.8 Å². The summed E-state index contributed by atoms with van der Waals surface area (Å²) in [6.45, 7) is 12.0. The van der Waals surface area contributed by atoms with E-state index in [0.717, 1.165) is 36.8 Å². The van der Waals surface area contributed by atoms with Gasteiger partial charge >= 0.3 is 18.3 Å². The van der Waals surface area contributed by atoms with Gasteiger partial charge < -0.3 is 42.0 Å². The summed E-state index contributed by atoms with van der Waals surface area (Å²) in [4.78, 5) is 37.4. The summed E-state index contributed by atoms with van der Waals surface area (Å²) in [5, 5.41) is 8.42. The van der Waals surface area contributed by atoms with Crippen molar-refractivity contribution in [2.45, 2.75) is 65.3 Å². The van der Waals surface area contributed by atoms with Crippen LogP contribution in [0.1, 0.15) is 57.6 Å². The highest BCUT2D eigenvalue weighted by atomic mass is 35.5. The smallest absolute Gasteiger partial charge is 0.412 e. The molecule has 0 fully saturated rings. The van der Waals surface area contributed by atoms with E-state index >= 15 is 0 Å². The summed E-state index contributed by atoms with van der Waals surface area (Å²) in [6, 6.07) is 19.1. The predicted molar refractivity (Wildman–Crippen MR) is 197 cm³/mol. The Bertz CT molecular complexity index is 1180. The van der Waals surface area contributed by atoms with Gasteiger partial charge in [0.25, 0.3) is 0 Å². The lowest BCUT2D eigenvalue weighted by Crippen LogP contribution is -2.31. The third-order valence-corrected chi connectivity index (χ3v) is 5.96. The van der Waals surface area contributed by atoms with Crippen molar-refractivity contribution in [1.82, 2.24) is 16.0 Å². The number of unbranched alkanes of at least 4 members (excludes halogenated alkanes) is 2. The van der Waals surface area contributed by atoms with Crippen molar-refractivity contribution in [2.75, 3.05) is 32.4 Å². The number of hydrogen-bond acceptors (Lipinski definition) is 9. The molecule has 2 rings (SSSR count). The van der Waals surface area contributed by atoms with Crippen molar-refractivity contribution in [2.24, 2.45) is 22.2 Å². The number of guanidine groups is 1. The lowest BCUT2D eigenvalue weighted by atomic mass is 10.2. The molecule has 0 saturated heterocycles. The molecule has 0 radical (unpaired) electrons. The largest absolute Gasteiger partial charge is 0.445 e. The maximum absolute atomic E-state index is 11.4. The topological polar surface area (TPSA) is 205 Å².